The fourth-order valence-corrected chi connectivity index (χ4v) is 6.96. The predicted molar refractivity (Wildman–Crippen MR) is 225 cm³/mol. The van der Waals surface area contributed by atoms with Crippen LogP contribution in [-0.2, 0) is 28.2 Å². The molecule has 8 nitrogen and oxygen atoms in total. The summed E-state index contributed by atoms with van der Waals surface area (Å²) in [5.74, 6) is -0.891. The zero-order chi connectivity index (χ0) is 39.6. The van der Waals surface area contributed by atoms with Crippen LogP contribution in [0.2, 0.25) is 0 Å². The van der Waals surface area contributed by atoms with Gasteiger partial charge in [-0.3, -0.25) is 14.1 Å². The van der Waals surface area contributed by atoms with Crippen molar-refractivity contribution < 1.29 is 37.9 Å². The molecule has 0 aromatic rings. The molecule has 0 heterocycles. The van der Waals surface area contributed by atoms with Gasteiger partial charge in [0.05, 0.1) is 6.61 Å². The van der Waals surface area contributed by atoms with E-state index in [-0.39, 0.29) is 19.4 Å². The van der Waals surface area contributed by atoms with E-state index in [2.05, 4.69) is 42.7 Å². The molecule has 0 rings (SSSR count). The first-order valence-electron chi connectivity index (χ1n) is 22.6. The topological polar surface area (TPSA) is 119 Å². The second kappa shape index (κ2) is 41.2. The number of phosphoric acid groups is 1. The molecule has 0 spiro atoms. The van der Waals surface area contributed by atoms with Crippen molar-refractivity contribution in [1.29, 1.82) is 0 Å². The third kappa shape index (κ3) is 43.3. The fraction of sp³-hybridized carbons (Fsp3) is 0.867. The van der Waals surface area contributed by atoms with Crippen LogP contribution < -0.4 is 0 Å². The Bertz CT molecular complexity index is 931. The monoisotopic (exact) mass is 785 g/mol. The Kier molecular flexibility index (Phi) is 40.1. The van der Waals surface area contributed by atoms with Crippen LogP contribution in [0.5, 0.6) is 0 Å². The summed E-state index contributed by atoms with van der Waals surface area (Å²) in [5.41, 5.74) is 0. The number of hydrogen-bond donors (Lipinski definition) is 2. The number of hydrogen-bond acceptors (Lipinski definition) is 6. The minimum Gasteiger partial charge on any atom is -0.462 e. The van der Waals surface area contributed by atoms with Gasteiger partial charge in [-0.15, -0.1) is 0 Å². The standard InChI is InChI=1S/C45H85O8P/c1-3-5-7-9-11-13-15-17-19-20-21-22-23-24-26-27-29-31-33-35-37-39-44(46)51-41-43(42-52-54(48,49)50)53-45(47)40-38-36-34-32-30-28-25-18-16-14-12-10-8-6-4-2/h14,16,18,25,43H,3-13,15,17,19-24,26-42H2,1-2H3,(H2,48,49,50)/b16-14+,25-18+/t43-/m1/s1. The molecular weight excluding hydrogens is 699 g/mol. The van der Waals surface area contributed by atoms with E-state index in [4.69, 9.17) is 19.3 Å². The van der Waals surface area contributed by atoms with E-state index < -0.39 is 32.5 Å². The minimum absolute atomic E-state index is 0.197. The Balaban J connectivity index is 3.84. The van der Waals surface area contributed by atoms with E-state index >= 15 is 0 Å². The van der Waals surface area contributed by atoms with Crippen molar-refractivity contribution in [3.63, 3.8) is 0 Å². The maximum atomic E-state index is 12.4. The van der Waals surface area contributed by atoms with Gasteiger partial charge in [0.1, 0.15) is 6.61 Å². The van der Waals surface area contributed by atoms with Gasteiger partial charge >= 0.3 is 19.8 Å². The number of esters is 2. The number of carbonyl (C=O) groups is 2. The number of rotatable bonds is 42. The molecule has 9 heteroatoms. The summed E-state index contributed by atoms with van der Waals surface area (Å²) in [5, 5.41) is 0. The second-order valence-electron chi connectivity index (χ2n) is 15.4. The lowest BCUT2D eigenvalue weighted by Crippen LogP contribution is -2.29. The van der Waals surface area contributed by atoms with E-state index in [1.54, 1.807) is 0 Å². The van der Waals surface area contributed by atoms with Gasteiger partial charge in [-0.2, -0.15) is 0 Å². The smallest absolute Gasteiger partial charge is 0.462 e. The molecule has 0 fully saturated rings. The molecular formula is C45H85O8P. The maximum absolute atomic E-state index is 12.4. The zero-order valence-electron chi connectivity index (χ0n) is 35.1. The zero-order valence-corrected chi connectivity index (χ0v) is 36.0. The Morgan fingerprint density at radius 3 is 1.20 bits per heavy atom. The van der Waals surface area contributed by atoms with E-state index in [0.717, 1.165) is 57.8 Å². The molecule has 0 bridgehead atoms. The number of allylic oxidation sites excluding steroid dienone is 4. The summed E-state index contributed by atoms with van der Waals surface area (Å²) in [6.45, 7) is 3.68. The molecule has 0 amide bonds. The Hall–Kier alpha value is -1.47. The van der Waals surface area contributed by atoms with Gasteiger partial charge in [0.15, 0.2) is 6.10 Å². The Morgan fingerprint density at radius 1 is 0.481 bits per heavy atom. The first kappa shape index (κ1) is 52.5. The molecule has 0 aromatic carbocycles. The first-order valence-corrected chi connectivity index (χ1v) is 24.2. The predicted octanol–water partition coefficient (Wildman–Crippen LogP) is 14.0. The van der Waals surface area contributed by atoms with Crippen LogP contribution in [0.4, 0.5) is 0 Å². The molecule has 318 valence electrons. The van der Waals surface area contributed by atoms with Crippen LogP contribution in [-0.4, -0.2) is 41.0 Å². The molecule has 54 heavy (non-hydrogen) atoms. The van der Waals surface area contributed by atoms with E-state index in [9.17, 15) is 14.2 Å². The first-order chi connectivity index (χ1) is 26.3. The van der Waals surface area contributed by atoms with Crippen molar-refractivity contribution in [3.8, 4) is 0 Å². The van der Waals surface area contributed by atoms with Crippen molar-refractivity contribution in [2.45, 2.75) is 238 Å². The van der Waals surface area contributed by atoms with Crippen molar-refractivity contribution >= 4 is 19.8 Å². The third-order valence-corrected chi connectivity index (χ3v) is 10.5. The molecule has 0 radical (unpaired) electrons. The van der Waals surface area contributed by atoms with Gasteiger partial charge in [-0.1, -0.05) is 205 Å². The van der Waals surface area contributed by atoms with Crippen LogP contribution >= 0.6 is 7.82 Å². The third-order valence-electron chi connectivity index (χ3n) is 10.0. The molecule has 0 aliphatic rings. The SMILES string of the molecule is CCCCCC/C=C/C=C/CCCCCCCC(=O)O[C@H](COC(=O)CCCCCCCCCCCCCCCCCCCCCCC)COP(=O)(O)O. The highest BCUT2D eigenvalue weighted by Crippen LogP contribution is 2.36. The van der Waals surface area contributed by atoms with Gasteiger partial charge in [0.2, 0.25) is 0 Å². The van der Waals surface area contributed by atoms with Crippen molar-refractivity contribution in [3.05, 3.63) is 24.3 Å². The lowest BCUT2D eigenvalue weighted by molar-refractivity contribution is -0.161. The van der Waals surface area contributed by atoms with Crippen LogP contribution in [0.15, 0.2) is 24.3 Å². The van der Waals surface area contributed by atoms with Gasteiger partial charge in [0, 0.05) is 12.8 Å². The highest BCUT2D eigenvalue weighted by molar-refractivity contribution is 7.46. The lowest BCUT2D eigenvalue weighted by Gasteiger charge is -2.18. The van der Waals surface area contributed by atoms with E-state index in [1.807, 2.05) is 0 Å². The summed E-state index contributed by atoms with van der Waals surface area (Å²) in [7, 11) is -4.76. The number of unbranched alkanes of at least 4 members (excludes halogenated alkanes) is 29. The van der Waals surface area contributed by atoms with Crippen LogP contribution in [0.1, 0.15) is 232 Å². The average molecular weight is 785 g/mol. The summed E-state index contributed by atoms with van der Waals surface area (Å²) in [4.78, 5) is 42.9. The molecule has 0 aromatic heterocycles. The molecule has 0 saturated heterocycles. The molecule has 1 atom stereocenters. The largest absolute Gasteiger partial charge is 0.469 e. The Morgan fingerprint density at radius 2 is 0.815 bits per heavy atom. The molecule has 0 aliphatic carbocycles. The van der Waals surface area contributed by atoms with Gasteiger partial charge < -0.3 is 19.3 Å². The fourth-order valence-electron chi connectivity index (χ4n) is 6.60. The lowest BCUT2D eigenvalue weighted by atomic mass is 10.0. The molecule has 0 saturated carbocycles. The van der Waals surface area contributed by atoms with Crippen molar-refractivity contribution in [2.24, 2.45) is 0 Å². The van der Waals surface area contributed by atoms with Gasteiger partial charge in [-0.05, 0) is 38.5 Å². The summed E-state index contributed by atoms with van der Waals surface area (Å²) >= 11 is 0. The molecule has 0 unspecified atom stereocenters. The second-order valence-corrected chi connectivity index (χ2v) is 16.7. The molecule has 0 aliphatic heterocycles. The van der Waals surface area contributed by atoms with Gasteiger partial charge in [0.25, 0.3) is 0 Å². The van der Waals surface area contributed by atoms with Crippen LogP contribution in [0.3, 0.4) is 0 Å². The van der Waals surface area contributed by atoms with E-state index in [1.165, 1.54) is 141 Å². The van der Waals surface area contributed by atoms with Crippen LogP contribution in [0.25, 0.3) is 0 Å². The highest BCUT2D eigenvalue weighted by Gasteiger charge is 2.22. The number of phosphoric ester groups is 1. The van der Waals surface area contributed by atoms with Gasteiger partial charge in [-0.25, -0.2) is 4.57 Å². The van der Waals surface area contributed by atoms with Crippen molar-refractivity contribution in [2.75, 3.05) is 13.2 Å². The number of ether oxygens (including phenoxy) is 2. The quantitative estimate of drug-likeness (QED) is 0.0272. The highest BCUT2D eigenvalue weighted by atomic mass is 31.2. The minimum atomic E-state index is -4.76. The Labute approximate surface area is 332 Å². The van der Waals surface area contributed by atoms with E-state index in [0.29, 0.717) is 6.42 Å². The average Bonchev–Trinajstić information content (AvgIpc) is 3.14. The maximum Gasteiger partial charge on any atom is 0.469 e. The normalized spacial score (nSPS) is 12.6. The van der Waals surface area contributed by atoms with Crippen LogP contribution in [0, 0.1) is 0 Å². The summed E-state index contributed by atoms with van der Waals surface area (Å²) in [6, 6.07) is 0. The summed E-state index contributed by atoms with van der Waals surface area (Å²) < 4.78 is 26.4. The number of carbonyl (C=O) groups excluding carboxylic acids is 2. The molecule has 2 N–H and O–H groups in total. The summed E-state index contributed by atoms with van der Waals surface area (Å²) in [6.07, 6.45) is 47.6. The van der Waals surface area contributed by atoms with Crippen molar-refractivity contribution in [1.82, 2.24) is 0 Å².